The summed E-state index contributed by atoms with van der Waals surface area (Å²) in [5.74, 6) is 1.91. The van der Waals surface area contributed by atoms with Crippen molar-refractivity contribution in [2.24, 2.45) is 23.2 Å². The zero-order chi connectivity index (χ0) is 15.3. The van der Waals surface area contributed by atoms with Crippen LogP contribution in [0.25, 0.3) is 4.85 Å². The van der Waals surface area contributed by atoms with Gasteiger partial charge in [0.25, 0.3) is 0 Å². The van der Waals surface area contributed by atoms with Crippen molar-refractivity contribution in [3.8, 4) is 0 Å². The third kappa shape index (κ3) is 2.88. The van der Waals surface area contributed by atoms with Crippen molar-refractivity contribution in [1.29, 1.82) is 0 Å². The van der Waals surface area contributed by atoms with Crippen LogP contribution < -0.4 is 5.32 Å². The number of amides is 1. The van der Waals surface area contributed by atoms with Crippen LogP contribution in [0.4, 0.5) is 4.79 Å². The zero-order valence-corrected chi connectivity index (χ0v) is 13.3. The van der Waals surface area contributed by atoms with Gasteiger partial charge in [-0.2, -0.15) is 0 Å². The number of hydrogen-bond acceptors (Lipinski definition) is 2. The maximum atomic E-state index is 11.9. The van der Waals surface area contributed by atoms with E-state index in [2.05, 4.69) is 10.2 Å². The van der Waals surface area contributed by atoms with E-state index in [0.717, 1.165) is 25.3 Å². The number of carbonyl (C=O) groups excluding carboxylic acids is 1. The first-order valence-corrected chi connectivity index (χ1v) is 8.14. The number of rotatable bonds is 2. The minimum atomic E-state index is -0.444. The predicted octanol–water partition coefficient (Wildman–Crippen LogP) is 3.63. The summed E-state index contributed by atoms with van der Waals surface area (Å²) in [6.45, 7) is 13.8. The number of alkyl carbamates (subject to hydrolysis) is 1. The van der Waals surface area contributed by atoms with E-state index in [9.17, 15) is 4.79 Å². The maximum absolute atomic E-state index is 11.9. The Hall–Kier alpha value is -1.24. The first-order valence-electron chi connectivity index (χ1n) is 8.14. The summed E-state index contributed by atoms with van der Waals surface area (Å²) in [7, 11) is 0. The molecule has 1 N–H and O–H groups in total. The van der Waals surface area contributed by atoms with E-state index in [1.165, 1.54) is 19.3 Å². The summed E-state index contributed by atoms with van der Waals surface area (Å²) in [6, 6.07) is 0.246. The summed E-state index contributed by atoms with van der Waals surface area (Å²) in [6.07, 6.45) is 5.61. The van der Waals surface area contributed by atoms with E-state index >= 15 is 0 Å². The number of hydrogen-bond donors (Lipinski definition) is 1. The molecule has 4 saturated carbocycles. The predicted molar refractivity (Wildman–Crippen MR) is 80.6 cm³/mol. The molecule has 4 bridgehead atoms. The van der Waals surface area contributed by atoms with Crippen molar-refractivity contribution >= 4 is 6.09 Å². The van der Waals surface area contributed by atoms with Crippen molar-refractivity contribution < 1.29 is 9.53 Å². The van der Waals surface area contributed by atoms with E-state index in [0.29, 0.717) is 11.8 Å². The number of nitrogens with one attached hydrogen (secondary N) is 1. The lowest BCUT2D eigenvalue weighted by molar-refractivity contribution is -0.0568. The van der Waals surface area contributed by atoms with E-state index in [1.54, 1.807) is 0 Å². The lowest BCUT2D eigenvalue weighted by Gasteiger charge is -2.56. The van der Waals surface area contributed by atoms with Gasteiger partial charge in [0.05, 0.1) is 0 Å². The van der Waals surface area contributed by atoms with Gasteiger partial charge in [-0.05, 0) is 64.2 Å². The lowest BCUT2D eigenvalue weighted by Crippen LogP contribution is -2.56. The minimum Gasteiger partial charge on any atom is -0.444 e. The molecule has 0 aliphatic heterocycles. The van der Waals surface area contributed by atoms with Crippen molar-refractivity contribution in [3.63, 3.8) is 0 Å². The van der Waals surface area contributed by atoms with Gasteiger partial charge in [-0.1, -0.05) is 0 Å². The normalized spacial score (nSPS) is 40.7. The molecule has 0 spiro atoms. The van der Waals surface area contributed by atoms with Crippen molar-refractivity contribution in [1.82, 2.24) is 5.32 Å². The highest BCUT2D eigenvalue weighted by atomic mass is 16.6. The molecular formula is C17H26N2O2. The topological polar surface area (TPSA) is 42.7 Å². The fourth-order valence-corrected chi connectivity index (χ4v) is 5.17. The van der Waals surface area contributed by atoms with Crippen LogP contribution in [0.3, 0.4) is 0 Å². The molecule has 0 aromatic carbocycles. The Balaban J connectivity index is 1.62. The Morgan fingerprint density at radius 2 is 1.90 bits per heavy atom. The van der Waals surface area contributed by atoms with Crippen LogP contribution in [0.1, 0.15) is 52.9 Å². The molecule has 4 fully saturated rings. The smallest absolute Gasteiger partial charge is 0.407 e. The second kappa shape index (κ2) is 4.90. The quantitative estimate of drug-likeness (QED) is 0.789. The molecule has 4 aliphatic rings. The van der Waals surface area contributed by atoms with Gasteiger partial charge >= 0.3 is 6.09 Å². The van der Waals surface area contributed by atoms with Gasteiger partial charge < -0.3 is 14.9 Å². The van der Waals surface area contributed by atoms with Gasteiger partial charge in [-0.25, -0.2) is 11.4 Å². The third-order valence-corrected chi connectivity index (χ3v) is 5.51. The molecule has 116 valence electrons. The molecule has 4 nitrogen and oxygen atoms in total. The van der Waals surface area contributed by atoms with Gasteiger partial charge in [-0.15, -0.1) is 0 Å². The molecule has 4 rings (SSSR count). The van der Waals surface area contributed by atoms with E-state index in [4.69, 9.17) is 11.3 Å². The summed E-state index contributed by atoms with van der Waals surface area (Å²) in [5, 5.41) is 2.99. The second-order valence-corrected chi connectivity index (χ2v) is 8.45. The molecule has 0 aromatic rings. The monoisotopic (exact) mass is 290 g/mol. The Kier molecular flexibility index (Phi) is 3.43. The Morgan fingerprint density at radius 3 is 2.43 bits per heavy atom. The van der Waals surface area contributed by atoms with E-state index in [1.807, 2.05) is 20.8 Å². The molecule has 4 heteroatoms. The van der Waals surface area contributed by atoms with Gasteiger partial charge in [0.2, 0.25) is 6.04 Å². The van der Waals surface area contributed by atoms with Crippen LogP contribution in [0.2, 0.25) is 0 Å². The average molecular weight is 290 g/mol. The summed E-state index contributed by atoms with van der Waals surface area (Å²) in [5.41, 5.74) is -0.213. The summed E-state index contributed by atoms with van der Waals surface area (Å²) < 4.78 is 5.34. The lowest BCUT2D eigenvalue weighted by atomic mass is 9.48. The Morgan fingerprint density at radius 1 is 1.29 bits per heavy atom. The SMILES string of the molecule is [C-]#[N+]C1C2CC3CC1CC(CNC(=O)OC(C)(C)C)(C3)C2. The largest absolute Gasteiger partial charge is 0.444 e. The maximum Gasteiger partial charge on any atom is 0.407 e. The molecule has 0 heterocycles. The van der Waals surface area contributed by atoms with E-state index in [-0.39, 0.29) is 17.6 Å². The van der Waals surface area contributed by atoms with Crippen LogP contribution >= 0.6 is 0 Å². The molecule has 0 radical (unpaired) electrons. The zero-order valence-electron chi connectivity index (χ0n) is 13.3. The summed E-state index contributed by atoms with van der Waals surface area (Å²) in [4.78, 5) is 15.8. The van der Waals surface area contributed by atoms with Gasteiger partial charge in [0, 0.05) is 18.4 Å². The fraction of sp³-hybridized carbons (Fsp3) is 0.882. The molecule has 1 amide bonds. The minimum absolute atomic E-state index is 0.231. The third-order valence-electron chi connectivity index (χ3n) is 5.51. The van der Waals surface area contributed by atoms with Crippen LogP contribution in [0.15, 0.2) is 0 Å². The van der Waals surface area contributed by atoms with Crippen molar-refractivity contribution in [3.05, 3.63) is 11.4 Å². The van der Waals surface area contributed by atoms with Crippen LogP contribution in [0.5, 0.6) is 0 Å². The first-order chi connectivity index (χ1) is 9.80. The Labute approximate surface area is 127 Å². The molecule has 2 unspecified atom stereocenters. The number of nitrogens with zero attached hydrogens (tertiary/aromatic N) is 1. The van der Waals surface area contributed by atoms with Crippen molar-refractivity contribution in [2.45, 2.75) is 64.5 Å². The first kappa shape index (κ1) is 14.7. The number of carbonyl (C=O) groups is 1. The van der Waals surface area contributed by atoms with Crippen LogP contribution in [0, 0.1) is 29.7 Å². The molecule has 0 saturated heterocycles. The fourth-order valence-electron chi connectivity index (χ4n) is 5.17. The molecule has 21 heavy (non-hydrogen) atoms. The van der Waals surface area contributed by atoms with Gasteiger partial charge in [0.15, 0.2) is 0 Å². The molecule has 2 atom stereocenters. The molecular weight excluding hydrogens is 264 g/mol. The number of ether oxygens (including phenoxy) is 1. The highest BCUT2D eigenvalue weighted by Crippen LogP contribution is 2.60. The van der Waals surface area contributed by atoms with Gasteiger partial charge in [-0.3, -0.25) is 0 Å². The standard InChI is InChI=1S/C17H26N2O2/c1-16(2,3)21-15(20)19-10-17-7-11-5-12(8-17)14(18-4)13(6-11)9-17/h11-14H,5-10H2,1-3H3,(H,19,20). The molecule has 4 aliphatic carbocycles. The second-order valence-electron chi connectivity index (χ2n) is 8.45. The average Bonchev–Trinajstić information content (AvgIpc) is 2.34. The van der Waals surface area contributed by atoms with Crippen molar-refractivity contribution in [2.75, 3.05) is 6.54 Å². The molecule has 0 aromatic heterocycles. The van der Waals surface area contributed by atoms with Gasteiger partial charge in [0.1, 0.15) is 5.60 Å². The highest BCUT2D eigenvalue weighted by Gasteiger charge is 2.58. The van der Waals surface area contributed by atoms with E-state index < -0.39 is 5.60 Å². The summed E-state index contributed by atoms with van der Waals surface area (Å²) >= 11 is 0. The Bertz CT molecular complexity index is 458. The van der Waals surface area contributed by atoms with Crippen LogP contribution in [-0.4, -0.2) is 24.3 Å². The highest BCUT2D eigenvalue weighted by molar-refractivity contribution is 5.67. The van der Waals surface area contributed by atoms with Crippen LogP contribution in [-0.2, 0) is 4.74 Å².